The van der Waals surface area contributed by atoms with Gasteiger partial charge >= 0.3 is 0 Å². The molecule has 0 spiro atoms. The third kappa shape index (κ3) is 3.54. The summed E-state index contributed by atoms with van der Waals surface area (Å²) in [5, 5.41) is 10.7. The summed E-state index contributed by atoms with van der Waals surface area (Å²) in [7, 11) is 1.89. The first-order chi connectivity index (χ1) is 9.20. The van der Waals surface area contributed by atoms with Crippen LogP contribution >= 0.6 is 11.6 Å². The minimum Gasteiger partial charge on any atom is -0.326 e. The van der Waals surface area contributed by atoms with Gasteiger partial charge in [-0.3, -0.25) is 4.79 Å². The number of hydrogen-bond donors (Lipinski definition) is 1. The maximum absolute atomic E-state index is 11.5. The summed E-state index contributed by atoms with van der Waals surface area (Å²) in [5.41, 5.74) is 1.73. The molecule has 2 rings (SSSR count). The minimum absolute atomic E-state index is 0.0212. The Labute approximate surface area is 116 Å². The second kappa shape index (κ2) is 6.33. The van der Waals surface area contributed by atoms with Crippen LogP contribution in [0.4, 0.5) is 5.69 Å². The molecule has 0 saturated heterocycles. The number of alkyl halides is 1. The van der Waals surface area contributed by atoms with Gasteiger partial charge in [0.25, 0.3) is 0 Å². The summed E-state index contributed by atoms with van der Waals surface area (Å²) < 4.78 is 1.84. The highest BCUT2D eigenvalue weighted by Gasteiger charge is 2.05. The molecule has 1 aromatic carbocycles. The van der Waals surface area contributed by atoms with Crippen molar-refractivity contribution >= 4 is 23.2 Å². The van der Waals surface area contributed by atoms with E-state index in [1.54, 1.807) is 6.33 Å². The molecule has 1 amide bonds. The molecule has 5 nitrogen and oxygen atoms in total. The summed E-state index contributed by atoms with van der Waals surface area (Å²) in [4.78, 5) is 11.5. The SMILES string of the molecule is Cn1cnnc1-c1ccc(NC(=O)CCCCl)cc1. The lowest BCUT2D eigenvalue weighted by atomic mass is 10.2. The molecule has 0 aliphatic rings. The van der Waals surface area contributed by atoms with Gasteiger partial charge in [-0.25, -0.2) is 0 Å². The van der Waals surface area contributed by atoms with Crippen molar-refractivity contribution < 1.29 is 4.79 Å². The number of aromatic nitrogens is 3. The summed E-state index contributed by atoms with van der Waals surface area (Å²) in [5.74, 6) is 1.27. The fraction of sp³-hybridized carbons (Fsp3) is 0.308. The van der Waals surface area contributed by atoms with Crippen molar-refractivity contribution in [1.82, 2.24) is 14.8 Å². The van der Waals surface area contributed by atoms with Gasteiger partial charge in [0.05, 0.1) is 0 Å². The Balaban J connectivity index is 2.03. The maximum atomic E-state index is 11.5. The number of nitrogens with one attached hydrogen (secondary N) is 1. The molecular weight excluding hydrogens is 264 g/mol. The van der Waals surface area contributed by atoms with Crippen LogP contribution in [0.25, 0.3) is 11.4 Å². The fourth-order valence-electron chi connectivity index (χ4n) is 1.70. The first-order valence-electron chi connectivity index (χ1n) is 6.01. The first kappa shape index (κ1) is 13.5. The van der Waals surface area contributed by atoms with Gasteiger partial charge in [0.15, 0.2) is 5.82 Å². The van der Waals surface area contributed by atoms with Gasteiger partial charge in [-0.2, -0.15) is 0 Å². The summed E-state index contributed by atoms with van der Waals surface area (Å²) in [6, 6.07) is 7.51. The topological polar surface area (TPSA) is 59.8 Å². The van der Waals surface area contributed by atoms with Crippen LogP contribution in [0.5, 0.6) is 0 Å². The van der Waals surface area contributed by atoms with Gasteiger partial charge in [-0.05, 0) is 30.7 Å². The largest absolute Gasteiger partial charge is 0.326 e. The van der Waals surface area contributed by atoms with E-state index in [2.05, 4.69) is 15.5 Å². The zero-order valence-corrected chi connectivity index (χ0v) is 11.4. The molecular formula is C13H15ClN4O. The van der Waals surface area contributed by atoms with Gasteiger partial charge in [0.1, 0.15) is 6.33 Å². The Hall–Kier alpha value is -1.88. The second-order valence-corrected chi connectivity index (χ2v) is 4.56. The van der Waals surface area contributed by atoms with Gasteiger partial charge in [-0.1, -0.05) is 0 Å². The monoisotopic (exact) mass is 278 g/mol. The van der Waals surface area contributed by atoms with Crippen LogP contribution in [0.1, 0.15) is 12.8 Å². The molecule has 0 atom stereocenters. The van der Waals surface area contributed by atoms with Crippen molar-refractivity contribution in [2.45, 2.75) is 12.8 Å². The number of halogens is 1. The molecule has 6 heteroatoms. The zero-order chi connectivity index (χ0) is 13.7. The average molecular weight is 279 g/mol. The Bertz CT molecular complexity index is 550. The van der Waals surface area contributed by atoms with Crippen LogP contribution in [0.2, 0.25) is 0 Å². The molecule has 0 unspecified atom stereocenters. The fourth-order valence-corrected chi connectivity index (χ4v) is 1.83. The highest BCUT2D eigenvalue weighted by Crippen LogP contribution is 2.18. The maximum Gasteiger partial charge on any atom is 0.224 e. The van der Waals surface area contributed by atoms with Crippen molar-refractivity contribution in [1.29, 1.82) is 0 Å². The van der Waals surface area contributed by atoms with E-state index >= 15 is 0 Å². The van der Waals surface area contributed by atoms with Crippen molar-refractivity contribution in [2.24, 2.45) is 7.05 Å². The number of carbonyl (C=O) groups is 1. The average Bonchev–Trinajstić information content (AvgIpc) is 2.83. The number of amides is 1. The zero-order valence-electron chi connectivity index (χ0n) is 10.6. The molecule has 0 aliphatic carbocycles. The van der Waals surface area contributed by atoms with Crippen molar-refractivity contribution in [3.05, 3.63) is 30.6 Å². The second-order valence-electron chi connectivity index (χ2n) is 4.18. The Kier molecular flexibility index (Phi) is 4.52. The van der Waals surface area contributed by atoms with E-state index in [4.69, 9.17) is 11.6 Å². The van der Waals surface area contributed by atoms with E-state index < -0.39 is 0 Å². The van der Waals surface area contributed by atoms with Crippen molar-refractivity contribution in [3.63, 3.8) is 0 Å². The molecule has 1 N–H and O–H groups in total. The van der Waals surface area contributed by atoms with Crippen molar-refractivity contribution in [2.75, 3.05) is 11.2 Å². The number of benzene rings is 1. The summed E-state index contributed by atoms with van der Waals surface area (Å²) in [6.07, 6.45) is 2.77. The molecule has 0 saturated carbocycles. The highest BCUT2D eigenvalue weighted by atomic mass is 35.5. The van der Waals surface area contributed by atoms with E-state index in [-0.39, 0.29) is 5.91 Å². The number of rotatable bonds is 5. The smallest absolute Gasteiger partial charge is 0.224 e. The first-order valence-corrected chi connectivity index (χ1v) is 6.54. The standard InChI is InChI=1S/C13H15ClN4O/c1-18-9-15-17-13(18)10-4-6-11(7-5-10)16-12(19)3-2-8-14/h4-7,9H,2-3,8H2,1H3,(H,16,19). The molecule has 0 bridgehead atoms. The molecule has 100 valence electrons. The Morgan fingerprint density at radius 1 is 1.37 bits per heavy atom. The quantitative estimate of drug-likeness (QED) is 0.855. The number of hydrogen-bond acceptors (Lipinski definition) is 3. The van der Waals surface area contributed by atoms with Crippen LogP contribution in [0.15, 0.2) is 30.6 Å². The predicted octanol–water partition coefficient (Wildman–Crippen LogP) is 2.44. The van der Waals surface area contributed by atoms with Crippen molar-refractivity contribution in [3.8, 4) is 11.4 Å². The normalized spacial score (nSPS) is 10.4. The lowest BCUT2D eigenvalue weighted by Crippen LogP contribution is -2.11. The molecule has 0 aliphatic heterocycles. The van der Waals surface area contributed by atoms with Gasteiger partial charge in [-0.15, -0.1) is 21.8 Å². The Morgan fingerprint density at radius 3 is 2.68 bits per heavy atom. The van der Waals surface area contributed by atoms with Crippen LogP contribution in [-0.2, 0) is 11.8 Å². The van der Waals surface area contributed by atoms with Gasteiger partial charge < -0.3 is 9.88 Å². The number of carbonyl (C=O) groups excluding carboxylic acids is 1. The summed E-state index contributed by atoms with van der Waals surface area (Å²) in [6.45, 7) is 0. The number of nitrogens with zero attached hydrogens (tertiary/aromatic N) is 3. The predicted molar refractivity (Wildman–Crippen MR) is 75.0 cm³/mol. The third-order valence-electron chi connectivity index (χ3n) is 2.68. The lowest BCUT2D eigenvalue weighted by Gasteiger charge is -2.06. The molecule has 0 fully saturated rings. The molecule has 19 heavy (non-hydrogen) atoms. The van der Waals surface area contributed by atoms with Crippen LogP contribution in [0.3, 0.4) is 0 Å². The minimum atomic E-state index is -0.0212. The van der Waals surface area contributed by atoms with Crippen LogP contribution in [-0.4, -0.2) is 26.6 Å². The summed E-state index contributed by atoms with van der Waals surface area (Å²) >= 11 is 5.55. The highest BCUT2D eigenvalue weighted by molar-refractivity contribution is 6.18. The van der Waals surface area contributed by atoms with Gasteiger partial charge in [0, 0.05) is 30.6 Å². The lowest BCUT2D eigenvalue weighted by molar-refractivity contribution is -0.116. The van der Waals surface area contributed by atoms with E-state index in [1.807, 2.05) is 35.9 Å². The molecule has 0 radical (unpaired) electrons. The number of aryl methyl sites for hydroxylation is 1. The van der Waals surface area contributed by atoms with E-state index in [9.17, 15) is 4.79 Å². The van der Waals surface area contributed by atoms with E-state index in [1.165, 1.54) is 0 Å². The van der Waals surface area contributed by atoms with E-state index in [0.29, 0.717) is 18.7 Å². The molecule has 1 aromatic heterocycles. The van der Waals surface area contributed by atoms with Crippen LogP contribution in [0, 0.1) is 0 Å². The molecule has 1 heterocycles. The molecule has 2 aromatic rings. The van der Waals surface area contributed by atoms with Crippen LogP contribution < -0.4 is 5.32 Å². The number of anilines is 1. The van der Waals surface area contributed by atoms with Gasteiger partial charge in [0.2, 0.25) is 5.91 Å². The third-order valence-corrected chi connectivity index (χ3v) is 2.94. The Morgan fingerprint density at radius 2 is 2.11 bits per heavy atom. The van der Waals surface area contributed by atoms with E-state index in [0.717, 1.165) is 17.1 Å².